The summed E-state index contributed by atoms with van der Waals surface area (Å²) in [5.41, 5.74) is 0.942. The summed E-state index contributed by atoms with van der Waals surface area (Å²) in [6.45, 7) is 1.85. The summed E-state index contributed by atoms with van der Waals surface area (Å²) in [4.78, 5) is 15.0. The zero-order valence-electron chi connectivity index (χ0n) is 7.53. The maximum atomic E-state index is 11.0. The first-order chi connectivity index (χ1) is 6.66. The molecule has 0 aromatic carbocycles. The first-order valence-electron chi connectivity index (χ1n) is 4.24. The highest BCUT2D eigenvalue weighted by Gasteiger charge is 2.31. The minimum Gasteiger partial charge on any atom is -0.444 e. The second kappa shape index (κ2) is 3.57. The summed E-state index contributed by atoms with van der Waals surface area (Å²) in [5.74, 6) is 0. The third kappa shape index (κ3) is 1.72. The van der Waals surface area contributed by atoms with Crippen molar-refractivity contribution in [2.24, 2.45) is 0 Å². The summed E-state index contributed by atoms with van der Waals surface area (Å²) in [5, 5.41) is 2.73. The lowest BCUT2D eigenvalue weighted by Gasteiger charge is -2.12. The van der Waals surface area contributed by atoms with Crippen molar-refractivity contribution in [3.8, 4) is 0 Å². The minimum atomic E-state index is -0.373. The molecule has 1 aliphatic heterocycles. The fourth-order valence-electron chi connectivity index (χ4n) is 1.47. The molecule has 5 heteroatoms. The topological polar surface area (TPSA) is 51.2 Å². The van der Waals surface area contributed by atoms with E-state index in [1.807, 2.05) is 13.0 Å². The van der Waals surface area contributed by atoms with Gasteiger partial charge < -0.3 is 10.1 Å². The van der Waals surface area contributed by atoms with E-state index in [1.165, 1.54) is 0 Å². The fraction of sp³-hybridized carbons (Fsp3) is 0.333. The number of halogens is 1. The number of carbonyl (C=O) groups excluding carboxylic acids is 1. The molecule has 1 amide bonds. The predicted octanol–water partition coefficient (Wildman–Crippen LogP) is 2.01. The predicted molar refractivity (Wildman–Crippen MR) is 53.8 cm³/mol. The van der Waals surface area contributed by atoms with Gasteiger partial charge in [-0.1, -0.05) is 0 Å². The van der Waals surface area contributed by atoms with Gasteiger partial charge in [-0.3, -0.25) is 4.98 Å². The van der Waals surface area contributed by atoms with E-state index in [9.17, 15) is 4.79 Å². The molecule has 1 aromatic heterocycles. The number of nitrogens with zero attached hydrogens (tertiary/aromatic N) is 1. The third-order valence-electron chi connectivity index (χ3n) is 2.12. The van der Waals surface area contributed by atoms with E-state index in [0.717, 1.165) is 10.0 Å². The standard InChI is InChI=1S/C9H9BrN2O2/c1-5-8(12-9(13)14-5)6-2-7(10)4-11-3-6/h2-5,8H,1H3,(H,12,13). The quantitative estimate of drug-likeness (QED) is 0.837. The largest absolute Gasteiger partial charge is 0.444 e. The van der Waals surface area contributed by atoms with Gasteiger partial charge in [-0.15, -0.1) is 0 Å². The molecule has 1 aromatic rings. The van der Waals surface area contributed by atoms with Crippen LogP contribution in [0.1, 0.15) is 18.5 Å². The second-order valence-electron chi connectivity index (χ2n) is 3.17. The molecular weight excluding hydrogens is 248 g/mol. The van der Waals surface area contributed by atoms with Crippen LogP contribution in [0.2, 0.25) is 0 Å². The number of carbonyl (C=O) groups is 1. The normalized spacial score (nSPS) is 25.7. The average Bonchev–Trinajstić information content (AvgIpc) is 2.45. The molecule has 2 heterocycles. The molecule has 1 aliphatic rings. The number of cyclic esters (lactones) is 1. The Morgan fingerprint density at radius 1 is 1.57 bits per heavy atom. The maximum Gasteiger partial charge on any atom is 0.408 e. The van der Waals surface area contributed by atoms with Crippen LogP contribution in [0.4, 0.5) is 4.79 Å². The molecule has 0 radical (unpaired) electrons. The molecule has 1 N–H and O–H groups in total. The molecule has 2 atom stereocenters. The van der Waals surface area contributed by atoms with Crippen molar-refractivity contribution in [2.75, 3.05) is 0 Å². The number of hydrogen-bond donors (Lipinski definition) is 1. The van der Waals surface area contributed by atoms with E-state index in [0.29, 0.717) is 0 Å². The number of amides is 1. The lowest BCUT2D eigenvalue weighted by Crippen LogP contribution is -2.21. The molecule has 0 bridgehead atoms. The molecule has 0 spiro atoms. The average molecular weight is 257 g/mol. The molecule has 0 aliphatic carbocycles. The third-order valence-corrected chi connectivity index (χ3v) is 2.55. The van der Waals surface area contributed by atoms with E-state index in [4.69, 9.17) is 4.74 Å². The van der Waals surface area contributed by atoms with Crippen LogP contribution < -0.4 is 5.32 Å². The van der Waals surface area contributed by atoms with Crippen LogP contribution >= 0.6 is 15.9 Å². The van der Waals surface area contributed by atoms with Crippen molar-refractivity contribution in [2.45, 2.75) is 19.1 Å². The minimum absolute atomic E-state index is 0.104. The van der Waals surface area contributed by atoms with Gasteiger partial charge >= 0.3 is 6.09 Å². The highest BCUT2D eigenvalue weighted by atomic mass is 79.9. The Morgan fingerprint density at radius 3 is 2.93 bits per heavy atom. The van der Waals surface area contributed by atoms with Crippen LogP contribution in [0.25, 0.3) is 0 Å². The zero-order chi connectivity index (χ0) is 10.1. The van der Waals surface area contributed by atoms with E-state index >= 15 is 0 Å². The van der Waals surface area contributed by atoms with Crippen LogP contribution in [0.15, 0.2) is 22.9 Å². The maximum absolute atomic E-state index is 11.0. The number of ether oxygens (including phenoxy) is 1. The number of rotatable bonds is 1. The van der Waals surface area contributed by atoms with Crippen molar-refractivity contribution >= 4 is 22.0 Å². The zero-order valence-corrected chi connectivity index (χ0v) is 9.11. The van der Waals surface area contributed by atoms with Crippen LogP contribution in [0.5, 0.6) is 0 Å². The van der Waals surface area contributed by atoms with E-state index in [1.54, 1.807) is 12.4 Å². The van der Waals surface area contributed by atoms with Gasteiger partial charge in [0.15, 0.2) is 0 Å². The molecule has 2 rings (SSSR count). The van der Waals surface area contributed by atoms with Gasteiger partial charge in [0.2, 0.25) is 0 Å². The molecule has 0 saturated carbocycles. The van der Waals surface area contributed by atoms with Gasteiger partial charge in [-0.2, -0.15) is 0 Å². The lowest BCUT2D eigenvalue weighted by molar-refractivity contribution is 0.141. The summed E-state index contributed by atoms with van der Waals surface area (Å²) in [7, 11) is 0. The highest BCUT2D eigenvalue weighted by molar-refractivity contribution is 9.10. The molecular formula is C9H9BrN2O2. The summed E-state index contributed by atoms with van der Waals surface area (Å²) in [6.07, 6.45) is 2.90. The Labute approximate surface area is 89.8 Å². The molecule has 1 saturated heterocycles. The van der Waals surface area contributed by atoms with Crippen LogP contribution in [-0.2, 0) is 4.74 Å². The summed E-state index contributed by atoms with van der Waals surface area (Å²) < 4.78 is 5.87. The van der Waals surface area contributed by atoms with Gasteiger partial charge in [0.05, 0.1) is 6.04 Å². The molecule has 14 heavy (non-hydrogen) atoms. The number of hydrogen-bond acceptors (Lipinski definition) is 3. The summed E-state index contributed by atoms with van der Waals surface area (Å²) in [6, 6.07) is 1.82. The van der Waals surface area contributed by atoms with Crippen LogP contribution in [0.3, 0.4) is 0 Å². The fourth-order valence-corrected chi connectivity index (χ4v) is 1.85. The van der Waals surface area contributed by atoms with E-state index < -0.39 is 0 Å². The first kappa shape index (κ1) is 9.45. The Balaban J connectivity index is 2.27. The second-order valence-corrected chi connectivity index (χ2v) is 4.08. The Bertz CT molecular complexity index is 370. The van der Waals surface area contributed by atoms with Crippen molar-refractivity contribution < 1.29 is 9.53 Å². The van der Waals surface area contributed by atoms with Gasteiger partial charge in [0.1, 0.15) is 6.10 Å². The molecule has 2 unspecified atom stereocenters. The number of aromatic nitrogens is 1. The first-order valence-corrected chi connectivity index (χ1v) is 5.04. The van der Waals surface area contributed by atoms with E-state index in [2.05, 4.69) is 26.2 Å². The number of alkyl carbamates (subject to hydrolysis) is 1. The molecule has 1 fully saturated rings. The molecule has 74 valence electrons. The van der Waals surface area contributed by atoms with E-state index in [-0.39, 0.29) is 18.2 Å². The molecule has 4 nitrogen and oxygen atoms in total. The van der Waals surface area contributed by atoms with Gasteiger partial charge in [0.25, 0.3) is 0 Å². The van der Waals surface area contributed by atoms with Crippen molar-refractivity contribution in [1.82, 2.24) is 10.3 Å². The number of pyridine rings is 1. The van der Waals surface area contributed by atoms with Crippen LogP contribution in [-0.4, -0.2) is 17.2 Å². The van der Waals surface area contributed by atoms with Gasteiger partial charge in [0, 0.05) is 16.9 Å². The monoisotopic (exact) mass is 256 g/mol. The Morgan fingerprint density at radius 2 is 2.36 bits per heavy atom. The highest BCUT2D eigenvalue weighted by Crippen LogP contribution is 2.25. The SMILES string of the molecule is CC1OC(=O)NC1c1cncc(Br)c1. The Kier molecular flexibility index (Phi) is 2.41. The van der Waals surface area contributed by atoms with Crippen molar-refractivity contribution in [1.29, 1.82) is 0 Å². The van der Waals surface area contributed by atoms with Crippen molar-refractivity contribution in [3.63, 3.8) is 0 Å². The Hall–Kier alpha value is -1.10. The van der Waals surface area contributed by atoms with Gasteiger partial charge in [-0.25, -0.2) is 4.79 Å². The lowest BCUT2D eigenvalue weighted by atomic mass is 10.1. The van der Waals surface area contributed by atoms with Crippen molar-refractivity contribution in [3.05, 3.63) is 28.5 Å². The summed E-state index contributed by atoms with van der Waals surface area (Å²) >= 11 is 3.33. The van der Waals surface area contributed by atoms with Gasteiger partial charge in [-0.05, 0) is 34.5 Å². The van der Waals surface area contributed by atoms with Crippen LogP contribution in [0, 0.1) is 0 Å². The number of nitrogens with one attached hydrogen (secondary N) is 1. The smallest absolute Gasteiger partial charge is 0.408 e.